The Labute approximate surface area is 191 Å². The highest BCUT2D eigenvalue weighted by Crippen LogP contribution is 2.31. The minimum atomic E-state index is -4.52. The van der Waals surface area contributed by atoms with Crippen LogP contribution in [0.15, 0.2) is 77.7 Å². The second-order valence-electron chi connectivity index (χ2n) is 7.41. The van der Waals surface area contributed by atoms with E-state index in [1.807, 2.05) is 13.0 Å². The smallest absolute Gasteiger partial charge is 0.416 e. The number of ether oxygens (including phenoxy) is 1. The number of carbonyl (C=O) groups excluding carboxylic acids is 1. The van der Waals surface area contributed by atoms with Crippen LogP contribution in [0.2, 0.25) is 0 Å². The number of halogens is 3. The molecule has 10 heteroatoms. The molecule has 7 nitrogen and oxygen atoms in total. The van der Waals surface area contributed by atoms with Crippen LogP contribution >= 0.6 is 0 Å². The molecule has 0 spiro atoms. The van der Waals surface area contributed by atoms with Crippen LogP contribution in [0, 0.1) is 6.92 Å². The lowest BCUT2D eigenvalue weighted by atomic mass is 10.2. The first-order chi connectivity index (χ1) is 16.2. The van der Waals surface area contributed by atoms with Crippen LogP contribution in [-0.2, 0) is 12.8 Å². The molecule has 0 saturated carbocycles. The lowest BCUT2D eigenvalue weighted by Crippen LogP contribution is -2.20. The number of aryl methyl sites for hydroxylation is 1. The fraction of sp³-hybridized carbons (Fsp3) is 0.125. The largest absolute Gasteiger partial charge is 0.485 e. The standard InChI is InChI=1S/C24H19F3N4O3/c1-15-6-5-11-31-21(32)13-18(28-22(15)31)14-34-20-10-3-2-9-19(20)30-23(33)29-17-8-4-7-16(12-17)24(25,26)27/h2-13H,14H2,1H3,(H2,29,30,33). The number of fused-ring (bicyclic) bond motifs is 1. The summed E-state index contributed by atoms with van der Waals surface area (Å²) in [5.74, 6) is 0.300. The maximum Gasteiger partial charge on any atom is 0.416 e. The lowest BCUT2D eigenvalue weighted by molar-refractivity contribution is -0.137. The molecule has 0 bridgehead atoms. The van der Waals surface area contributed by atoms with Crippen molar-refractivity contribution in [2.24, 2.45) is 0 Å². The van der Waals surface area contributed by atoms with Gasteiger partial charge in [-0.15, -0.1) is 0 Å². The van der Waals surface area contributed by atoms with Crippen LogP contribution in [0.25, 0.3) is 5.65 Å². The number of rotatable bonds is 5. The first kappa shape index (κ1) is 22.8. The number of nitrogens with one attached hydrogen (secondary N) is 2. The Morgan fingerprint density at radius 3 is 2.62 bits per heavy atom. The zero-order chi connectivity index (χ0) is 24.3. The zero-order valence-electron chi connectivity index (χ0n) is 17.9. The van der Waals surface area contributed by atoms with Gasteiger partial charge >= 0.3 is 12.2 Å². The maximum atomic E-state index is 12.9. The van der Waals surface area contributed by atoms with Crippen molar-refractivity contribution < 1.29 is 22.7 Å². The van der Waals surface area contributed by atoms with Crippen molar-refractivity contribution in [2.45, 2.75) is 19.7 Å². The molecule has 4 rings (SSSR count). The van der Waals surface area contributed by atoms with Crippen LogP contribution < -0.4 is 20.9 Å². The van der Waals surface area contributed by atoms with Crippen LogP contribution in [0.5, 0.6) is 5.75 Å². The van der Waals surface area contributed by atoms with Gasteiger partial charge in [0, 0.05) is 18.0 Å². The highest BCUT2D eigenvalue weighted by molar-refractivity contribution is 6.00. The van der Waals surface area contributed by atoms with E-state index in [4.69, 9.17) is 4.74 Å². The zero-order valence-corrected chi connectivity index (χ0v) is 17.9. The normalized spacial score (nSPS) is 11.3. The third-order valence-electron chi connectivity index (χ3n) is 4.90. The van der Waals surface area contributed by atoms with E-state index < -0.39 is 17.8 Å². The number of anilines is 2. The third kappa shape index (κ3) is 5.17. The van der Waals surface area contributed by atoms with E-state index in [0.29, 0.717) is 22.8 Å². The molecule has 2 amide bonds. The predicted octanol–water partition coefficient (Wildman–Crippen LogP) is 5.24. The van der Waals surface area contributed by atoms with Gasteiger partial charge in [0.15, 0.2) is 0 Å². The monoisotopic (exact) mass is 468 g/mol. The number of amides is 2. The molecule has 2 aromatic carbocycles. The molecule has 4 aromatic rings. The Bertz CT molecular complexity index is 1420. The summed E-state index contributed by atoms with van der Waals surface area (Å²) < 4.78 is 45.9. The number of carbonyl (C=O) groups is 1. The number of para-hydroxylation sites is 2. The number of urea groups is 1. The molecule has 2 N–H and O–H groups in total. The summed E-state index contributed by atoms with van der Waals surface area (Å²) in [6.45, 7) is 1.81. The summed E-state index contributed by atoms with van der Waals surface area (Å²) in [5, 5.41) is 4.94. The van der Waals surface area contributed by atoms with Gasteiger partial charge in [-0.05, 0) is 48.9 Å². The fourth-order valence-corrected chi connectivity index (χ4v) is 3.29. The summed E-state index contributed by atoms with van der Waals surface area (Å²) in [6, 6.07) is 15.1. The molecule has 2 heterocycles. The molecule has 174 valence electrons. The minimum Gasteiger partial charge on any atom is -0.485 e. The summed E-state index contributed by atoms with van der Waals surface area (Å²) in [5.41, 5.74) is 0.905. The van der Waals surface area contributed by atoms with Crippen LogP contribution in [0.3, 0.4) is 0 Å². The van der Waals surface area contributed by atoms with Gasteiger partial charge < -0.3 is 15.4 Å². The van der Waals surface area contributed by atoms with Crippen molar-refractivity contribution in [3.8, 4) is 5.75 Å². The second kappa shape index (κ2) is 9.26. The first-order valence-corrected chi connectivity index (χ1v) is 10.2. The van der Waals surface area contributed by atoms with Crippen molar-refractivity contribution in [1.29, 1.82) is 0 Å². The van der Waals surface area contributed by atoms with E-state index >= 15 is 0 Å². The molecule has 0 saturated heterocycles. The first-order valence-electron chi connectivity index (χ1n) is 10.2. The summed E-state index contributed by atoms with van der Waals surface area (Å²) in [6.07, 6.45) is -2.89. The minimum absolute atomic E-state index is 0.0121. The molecule has 0 aliphatic heterocycles. The summed E-state index contributed by atoms with van der Waals surface area (Å²) >= 11 is 0. The second-order valence-corrected chi connectivity index (χ2v) is 7.41. The van der Waals surface area contributed by atoms with Gasteiger partial charge in [-0.2, -0.15) is 13.2 Å². The van der Waals surface area contributed by atoms with Crippen LogP contribution in [0.1, 0.15) is 16.8 Å². The quantitative estimate of drug-likeness (QED) is 0.419. The number of benzene rings is 2. The molecule has 0 aliphatic carbocycles. The van der Waals surface area contributed by atoms with Crippen molar-refractivity contribution in [2.75, 3.05) is 10.6 Å². The van der Waals surface area contributed by atoms with E-state index in [1.54, 1.807) is 36.5 Å². The molecule has 0 aliphatic rings. The predicted molar refractivity (Wildman–Crippen MR) is 121 cm³/mol. The molecule has 2 aromatic heterocycles. The average molecular weight is 468 g/mol. The van der Waals surface area contributed by atoms with Crippen molar-refractivity contribution in [3.05, 3.63) is 100 Å². The van der Waals surface area contributed by atoms with E-state index in [2.05, 4.69) is 15.6 Å². The van der Waals surface area contributed by atoms with Gasteiger partial charge in [-0.3, -0.25) is 9.20 Å². The Morgan fingerprint density at radius 1 is 1.03 bits per heavy atom. The van der Waals surface area contributed by atoms with E-state index in [1.165, 1.54) is 22.6 Å². The van der Waals surface area contributed by atoms with Gasteiger partial charge in [0.2, 0.25) is 0 Å². The maximum absolute atomic E-state index is 12.9. The SMILES string of the molecule is Cc1cccn2c(=O)cc(COc3ccccc3NC(=O)Nc3cccc(C(F)(F)F)c3)nc12. The van der Waals surface area contributed by atoms with Crippen molar-refractivity contribution in [1.82, 2.24) is 9.38 Å². The summed E-state index contributed by atoms with van der Waals surface area (Å²) in [4.78, 5) is 29.2. The number of aromatic nitrogens is 2. The van der Waals surface area contributed by atoms with Gasteiger partial charge in [0.05, 0.1) is 16.9 Å². The lowest BCUT2D eigenvalue weighted by Gasteiger charge is -2.14. The van der Waals surface area contributed by atoms with Crippen LogP contribution in [-0.4, -0.2) is 15.4 Å². The van der Waals surface area contributed by atoms with E-state index in [-0.39, 0.29) is 17.9 Å². The number of hydrogen-bond donors (Lipinski definition) is 2. The van der Waals surface area contributed by atoms with Gasteiger partial charge in [-0.1, -0.05) is 24.3 Å². The van der Waals surface area contributed by atoms with Gasteiger partial charge in [0.25, 0.3) is 5.56 Å². The van der Waals surface area contributed by atoms with Gasteiger partial charge in [0.1, 0.15) is 18.0 Å². The van der Waals surface area contributed by atoms with Crippen molar-refractivity contribution >= 4 is 23.1 Å². The Hall–Kier alpha value is -4.34. The molecule has 34 heavy (non-hydrogen) atoms. The number of hydrogen-bond acceptors (Lipinski definition) is 4. The number of alkyl halides is 3. The van der Waals surface area contributed by atoms with E-state index in [0.717, 1.165) is 17.7 Å². The fourth-order valence-electron chi connectivity index (χ4n) is 3.29. The molecule has 0 unspecified atom stereocenters. The number of nitrogens with zero attached hydrogens (tertiary/aromatic N) is 2. The molecule has 0 atom stereocenters. The van der Waals surface area contributed by atoms with E-state index in [9.17, 15) is 22.8 Å². The Balaban J connectivity index is 1.47. The topological polar surface area (TPSA) is 84.7 Å². The Kier molecular flexibility index (Phi) is 6.22. The van der Waals surface area contributed by atoms with Crippen LogP contribution in [0.4, 0.5) is 29.3 Å². The third-order valence-corrected chi connectivity index (χ3v) is 4.90. The Morgan fingerprint density at radius 2 is 1.82 bits per heavy atom. The number of pyridine rings is 1. The average Bonchev–Trinajstić information content (AvgIpc) is 2.79. The highest BCUT2D eigenvalue weighted by Gasteiger charge is 2.30. The molecule has 0 fully saturated rings. The molecular weight excluding hydrogens is 449 g/mol. The van der Waals surface area contributed by atoms with Crippen molar-refractivity contribution in [3.63, 3.8) is 0 Å². The van der Waals surface area contributed by atoms with Gasteiger partial charge in [-0.25, -0.2) is 9.78 Å². The highest BCUT2D eigenvalue weighted by atomic mass is 19.4. The molecular formula is C24H19F3N4O3. The molecule has 0 radical (unpaired) electrons. The summed E-state index contributed by atoms with van der Waals surface area (Å²) in [7, 11) is 0.